The predicted molar refractivity (Wildman–Crippen MR) is 135 cm³/mol. The molecule has 2 aromatic carbocycles. The van der Waals surface area contributed by atoms with Crippen molar-refractivity contribution >= 4 is 17.7 Å². The lowest BCUT2D eigenvalue weighted by atomic mass is 10.1. The number of likely N-dealkylation sites (tertiary alicyclic amines) is 1. The van der Waals surface area contributed by atoms with E-state index in [0.717, 1.165) is 43.5 Å². The smallest absolute Gasteiger partial charge is 0.233 e. The van der Waals surface area contributed by atoms with Crippen molar-refractivity contribution in [3.8, 4) is 0 Å². The Morgan fingerprint density at radius 1 is 0.971 bits per heavy atom. The van der Waals surface area contributed by atoms with E-state index in [0.29, 0.717) is 18.7 Å². The van der Waals surface area contributed by atoms with Crippen molar-refractivity contribution in [2.45, 2.75) is 62.9 Å². The summed E-state index contributed by atoms with van der Waals surface area (Å²) < 4.78 is 16.4. The Hall–Kier alpha value is -2.71. The third-order valence-electron chi connectivity index (χ3n) is 6.72. The van der Waals surface area contributed by atoms with Gasteiger partial charge in [-0.15, -0.1) is 10.2 Å². The number of carbonyl (C=O) groups excluding carboxylic acids is 1. The molecule has 184 valence electrons. The third kappa shape index (κ3) is 6.30. The van der Waals surface area contributed by atoms with E-state index in [-0.39, 0.29) is 23.5 Å². The molecule has 3 aromatic rings. The van der Waals surface area contributed by atoms with Gasteiger partial charge in [-0.2, -0.15) is 0 Å². The fraction of sp³-hybridized carbons (Fsp3) is 0.444. The molecule has 8 heteroatoms. The molecule has 1 saturated carbocycles. The minimum atomic E-state index is -0.261. The maximum absolute atomic E-state index is 14.2. The van der Waals surface area contributed by atoms with Crippen LogP contribution >= 0.6 is 11.8 Å². The molecular formula is C27H32FN5OS. The van der Waals surface area contributed by atoms with Crippen molar-refractivity contribution in [1.82, 2.24) is 24.6 Å². The Morgan fingerprint density at radius 3 is 2.46 bits per heavy atom. The highest BCUT2D eigenvalue weighted by molar-refractivity contribution is 7.99. The maximum atomic E-state index is 14.2. The van der Waals surface area contributed by atoms with Gasteiger partial charge in [0.15, 0.2) is 5.16 Å². The fourth-order valence-electron chi connectivity index (χ4n) is 4.61. The molecule has 1 aromatic heterocycles. The molecular weight excluding hydrogens is 461 g/mol. The summed E-state index contributed by atoms with van der Waals surface area (Å²) in [5, 5.41) is 9.78. The van der Waals surface area contributed by atoms with E-state index < -0.39 is 0 Å². The summed E-state index contributed by atoms with van der Waals surface area (Å²) in [6.45, 7) is 3.94. The molecule has 5 rings (SSSR count). The van der Waals surface area contributed by atoms with Gasteiger partial charge in [-0.1, -0.05) is 66.7 Å². The van der Waals surface area contributed by atoms with E-state index in [1.165, 1.54) is 42.7 Å². The molecule has 1 amide bonds. The number of carbonyl (C=O) groups is 1. The van der Waals surface area contributed by atoms with Crippen LogP contribution in [0, 0.1) is 5.82 Å². The molecule has 2 aliphatic rings. The molecule has 1 aliphatic heterocycles. The quantitative estimate of drug-likeness (QED) is 0.382. The van der Waals surface area contributed by atoms with Gasteiger partial charge in [-0.05, 0) is 50.4 Å². The van der Waals surface area contributed by atoms with Crippen molar-refractivity contribution in [2.75, 3.05) is 18.8 Å². The van der Waals surface area contributed by atoms with Crippen molar-refractivity contribution in [3.63, 3.8) is 0 Å². The number of halogens is 1. The van der Waals surface area contributed by atoms with Crippen LogP contribution in [0.1, 0.15) is 49.1 Å². The Morgan fingerprint density at radius 2 is 1.71 bits per heavy atom. The van der Waals surface area contributed by atoms with Gasteiger partial charge in [0.2, 0.25) is 5.91 Å². The van der Waals surface area contributed by atoms with Crippen LogP contribution in [0.3, 0.4) is 0 Å². The highest BCUT2D eigenvalue weighted by Gasteiger charge is 2.33. The monoisotopic (exact) mass is 493 g/mol. The zero-order valence-corrected chi connectivity index (χ0v) is 20.8. The molecule has 0 N–H and O–H groups in total. The van der Waals surface area contributed by atoms with Crippen molar-refractivity contribution in [1.29, 1.82) is 0 Å². The number of thioether (sulfide) groups is 1. The average molecular weight is 494 g/mol. The van der Waals surface area contributed by atoms with E-state index >= 15 is 0 Å². The number of hydrogen-bond acceptors (Lipinski definition) is 5. The zero-order valence-electron chi connectivity index (χ0n) is 20.0. The van der Waals surface area contributed by atoms with Crippen LogP contribution in [0.25, 0.3) is 0 Å². The summed E-state index contributed by atoms with van der Waals surface area (Å²) in [6, 6.07) is 17.2. The first-order valence-corrected chi connectivity index (χ1v) is 13.5. The minimum Gasteiger partial charge on any atom is -0.335 e. The van der Waals surface area contributed by atoms with Gasteiger partial charge in [0.1, 0.15) is 11.6 Å². The number of aromatic nitrogens is 3. The van der Waals surface area contributed by atoms with Crippen molar-refractivity contribution in [2.24, 2.45) is 0 Å². The Bertz CT molecular complexity index is 1130. The van der Waals surface area contributed by atoms with E-state index in [1.54, 1.807) is 12.1 Å². The molecule has 0 atom stereocenters. The molecule has 6 nitrogen and oxygen atoms in total. The number of benzene rings is 2. The molecule has 0 spiro atoms. The summed E-state index contributed by atoms with van der Waals surface area (Å²) in [5.41, 5.74) is 1.74. The molecule has 0 radical (unpaired) electrons. The van der Waals surface area contributed by atoms with Gasteiger partial charge in [-0.25, -0.2) is 4.39 Å². The first-order valence-electron chi connectivity index (χ1n) is 12.5. The predicted octanol–water partition coefficient (Wildman–Crippen LogP) is 4.73. The maximum Gasteiger partial charge on any atom is 0.233 e. The Kier molecular flexibility index (Phi) is 7.79. The molecule has 2 heterocycles. The van der Waals surface area contributed by atoms with E-state index in [4.69, 9.17) is 0 Å². The molecule has 35 heavy (non-hydrogen) atoms. The van der Waals surface area contributed by atoms with Crippen LogP contribution in [0.2, 0.25) is 0 Å². The Balaban J connectivity index is 1.30. The van der Waals surface area contributed by atoms with Crippen molar-refractivity contribution in [3.05, 3.63) is 77.4 Å². The standard InChI is InChI=1S/C27H32FN5OS/c28-24-12-6-5-11-22(24)18-32(23-13-14-23)26(34)20-35-27-30-29-25(19-31-15-7-2-8-16-31)33(27)17-21-9-3-1-4-10-21/h1,3-6,9-12,23H,2,7-8,13-20H2. The third-order valence-corrected chi connectivity index (χ3v) is 7.67. The number of nitrogens with zero attached hydrogens (tertiary/aromatic N) is 5. The lowest BCUT2D eigenvalue weighted by Crippen LogP contribution is -2.34. The van der Waals surface area contributed by atoms with Gasteiger partial charge in [0, 0.05) is 18.2 Å². The topological polar surface area (TPSA) is 54.3 Å². The van der Waals surface area contributed by atoms with Crippen LogP contribution in [0.15, 0.2) is 59.8 Å². The highest BCUT2D eigenvalue weighted by atomic mass is 32.2. The minimum absolute atomic E-state index is 0.0209. The second kappa shape index (κ2) is 11.4. The van der Waals surface area contributed by atoms with Crippen LogP contribution in [-0.2, 0) is 24.4 Å². The summed E-state index contributed by atoms with van der Waals surface area (Å²) in [6.07, 6.45) is 5.70. The normalized spacial score (nSPS) is 16.4. The van der Waals surface area contributed by atoms with Crippen molar-refractivity contribution < 1.29 is 9.18 Å². The number of rotatable bonds is 10. The van der Waals surface area contributed by atoms with E-state index in [1.807, 2.05) is 29.2 Å². The largest absolute Gasteiger partial charge is 0.335 e. The van der Waals surface area contributed by atoms with Crippen LogP contribution < -0.4 is 0 Å². The first kappa shape index (κ1) is 24.0. The first-order chi connectivity index (χ1) is 17.2. The lowest BCUT2D eigenvalue weighted by Gasteiger charge is -2.26. The fourth-order valence-corrected chi connectivity index (χ4v) is 5.45. The lowest BCUT2D eigenvalue weighted by molar-refractivity contribution is -0.129. The van der Waals surface area contributed by atoms with E-state index in [2.05, 4.69) is 31.8 Å². The van der Waals surface area contributed by atoms with Gasteiger partial charge < -0.3 is 9.47 Å². The molecule has 2 fully saturated rings. The van der Waals surface area contributed by atoms with Gasteiger partial charge >= 0.3 is 0 Å². The van der Waals surface area contributed by atoms with Gasteiger partial charge in [-0.3, -0.25) is 9.69 Å². The Labute approximate surface area is 210 Å². The van der Waals surface area contributed by atoms with Crippen LogP contribution in [0.4, 0.5) is 4.39 Å². The second-order valence-electron chi connectivity index (χ2n) is 9.44. The van der Waals surface area contributed by atoms with Gasteiger partial charge in [0.05, 0.1) is 18.8 Å². The van der Waals surface area contributed by atoms with Gasteiger partial charge in [0.25, 0.3) is 0 Å². The summed E-state index contributed by atoms with van der Waals surface area (Å²) >= 11 is 1.43. The molecule has 1 saturated heterocycles. The van der Waals surface area contributed by atoms with Crippen LogP contribution in [0.5, 0.6) is 0 Å². The van der Waals surface area contributed by atoms with Crippen LogP contribution in [-0.4, -0.2) is 55.4 Å². The summed E-state index contributed by atoms with van der Waals surface area (Å²) in [4.78, 5) is 17.5. The van der Waals surface area contributed by atoms with E-state index in [9.17, 15) is 9.18 Å². The SMILES string of the molecule is O=C(CSc1nnc(CN2CCCCC2)n1Cc1ccccc1)N(Cc1ccccc1F)C1CC1. The zero-order chi connectivity index (χ0) is 24.0. The number of piperidine rings is 1. The summed E-state index contributed by atoms with van der Waals surface area (Å²) in [7, 11) is 0. The number of hydrogen-bond donors (Lipinski definition) is 0. The highest BCUT2D eigenvalue weighted by Crippen LogP contribution is 2.30. The average Bonchev–Trinajstić information content (AvgIpc) is 3.66. The number of amides is 1. The molecule has 1 aliphatic carbocycles. The second-order valence-corrected chi connectivity index (χ2v) is 10.4. The summed E-state index contributed by atoms with van der Waals surface area (Å²) in [5.74, 6) is 0.967. The molecule has 0 bridgehead atoms. The molecule has 0 unspecified atom stereocenters.